The van der Waals surface area contributed by atoms with Gasteiger partial charge in [-0.2, -0.15) is 0 Å². The summed E-state index contributed by atoms with van der Waals surface area (Å²) in [6, 6.07) is 16.8. The van der Waals surface area contributed by atoms with Crippen LogP contribution in [0.4, 0.5) is 5.69 Å². The van der Waals surface area contributed by atoms with Crippen molar-refractivity contribution in [3.05, 3.63) is 83.2 Å². The van der Waals surface area contributed by atoms with Gasteiger partial charge < -0.3 is 4.57 Å². The number of carbonyl (C=O) groups is 2. The van der Waals surface area contributed by atoms with Crippen molar-refractivity contribution in [2.75, 3.05) is 4.90 Å². The van der Waals surface area contributed by atoms with Crippen molar-refractivity contribution in [1.82, 2.24) is 9.88 Å². The first-order valence-corrected chi connectivity index (χ1v) is 11.8. The summed E-state index contributed by atoms with van der Waals surface area (Å²) in [6.45, 7) is 3.72. The maximum absolute atomic E-state index is 13.2. The number of aryl methyl sites for hydroxylation is 1. The second kappa shape index (κ2) is 8.39. The Morgan fingerprint density at radius 1 is 0.970 bits per heavy atom. The Hall–Kier alpha value is -3.60. The van der Waals surface area contributed by atoms with Crippen LogP contribution in [0.5, 0.6) is 0 Å². The molecule has 0 bridgehead atoms. The number of nitrogens with zero attached hydrogens (tertiary/aromatic N) is 2. The van der Waals surface area contributed by atoms with Gasteiger partial charge in [0, 0.05) is 17.1 Å². The van der Waals surface area contributed by atoms with E-state index in [1.807, 2.05) is 30.5 Å². The number of nitrogens with one attached hydrogen (secondary N) is 1. The molecule has 0 saturated carbocycles. The van der Waals surface area contributed by atoms with Gasteiger partial charge in [-0.05, 0) is 80.2 Å². The van der Waals surface area contributed by atoms with Gasteiger partial charge >= 0.3 is 0 Å². The Morgan fingerprint density at radius 2 is 1.61 bits per heavy atom. The van der Waals surface area contributed by atoms with E-state index in [2.05, 4.69) is 5.32 Å². The number of para-hydroxylation sites is 1. The van der Waals surface area contributed by atoms with E-state index in [0.717, 1.165) is 11.4 Å². The minimum Gasteiger partial charge on any atom is -0.318 e. The van der Waals surface area contributed by atoms with E-state index in [9.17, 15) is 18.0 Å². The van der Waals surface area contributed by atoms with E-state index < -0.39 is 21.8 Å². The molecule has 3 aromatic rings. The molecule has 0 radical (unpaired) electrons. The number of primary sulfonamides is 1. The fraction of sp³-hybridized carbons (Fsp3) is 0.0870. The minimum atomic E-state index is -3.80. The second-order valence-electron chi connectivity index (χ2n) is 7.49. The monoisotopic (exact) mass is 480 g/mol. The fourth-order valence-corrected chi connectivity index (χ4v) is 4.54. The maximum atomic E-state index is 13.2. The number of hydrogen-bond acceptors (Lipinski definition) is 5. The molecule has 0 aliphatic carbocycles. The summed E-state index contributed by atoms with van der Waals surface area (Å²) < 4.78 is 25.0. The van der Waals surface area contributed by atoms with Crippen LogP contribution in [0.15, 0.2) is 71.1 Å². The third-order valence-corrected chi connectivity index (χ3v) is 6.52. The molecule has 2 amide bonds. The zero-order chi connectivity index (χ0) is 23.9. The third-order valence-electron chi connectivity index (χ3n) is 5.31. The third kappa shape index (κ3) is 4.23. The molecule has 0 atom stereocenters. The highest BCUT2D eigenvalue weighted by Crippen LogP contribution is 2.26. The Labute approximate surface area is 196 Å². The summed E-state index contributed by atoms with van der Waals surface area (Å²) in [7, 11) is -3.80. The smallest absolute Gasteiger partial charge is 0.270 e. The lowest BCUT2D eigenvalue weighted by atomic mass is 10.1. The molecule has 8 nitrogen and oxygen atoms in total. The van der Waals surface area contributed by atoms with E-state index in [1.54, 1.807) is 36.4 Å². The van der Waals surface area contributed by atoms with E-state index in [-0.39, 0.29) is 15.6 Å². The first-order chi connectivity index (χ1) is 15.6. The molecular formula is C23H20N4O4S2. The van der Waals surface area contributed by atoms with E-state index in [4.69, 9.17) is 17.4 Å². The summed E-state index contributed by atoms with van der Waals surface area (Å²) in [5.74, 6) is -1.09. The van der Waals surface area contributed by atoms with E-state index in [0.29, 0.717) is 16.9 Å². The molecule has 1 fully saturated rings. The highest BCUT2D eigenvalue weighted by molar-refractivity contribution is 7.89. The summed E-state index contributed by atoms with van der Waals surface area (Å²) in [5.41, 5.74) is 3.50. The van der Waals surface area contributed by atoms with E-state index >= 15 is 0 Å². The van der Waals surface area contributed by atoms with Gasteiger partial charge in [0.25, 0.3) is 11.8 Å². The van der Waals surface area contributed by atoms with Crippen LogP contribution in [0.2, 0.25) is 0 Å². The summed E-state index contributed by atoms with van der Waals surface area (Å²) in [5, 5.41) is 7.77. The van der Waals surface area contributed by atoms with Crippen LogP contribution < -0.4 is 15.4 Å². The van der Waals surface area contributed by atoms with Gasteiger partial charge in [0.2, 0.25) is 10.0 Å². The number of hydrogen-bond donors (Lipinski definition) is 2. The number of anilines is 1. The SMILES string of the molecule is Cc1cc(/C=C2\C(=O)NC(=S)N(c3ccccc3)C2=O)c(C)n1-c1ccc(S(N)(=O)=O)cc1. The average molecular weight is 481 g/mol. The van der Waals surface area contributed by atoms with Gasteiger partial charge in [0.15, 0.2) is 5.11 Å². The van der Waals surface area contributed by atoms with Crippen molar-refractivity contribution in [3.8, 4) is 5.69 Å². The number of rotatable bonds is 4. The highest BCUT2D eigenvalue weighted by atomic mass is 32.2. The van der Waals surface area contributed by atoms with Gasteiger partial charge in [-0.25, -0.2) is 13.6 Å². The summed E-state index contributed by atoms with van der Waals surface area (Å²) in [4.78, 5) is 27.1. The minimum absolute atomic E-state index is 0.0116. The molecule has 1 aromatic heterocycles. The van der Waals surface area contributed by atoms with Gasteiger partial charge in [0.05, 0.1) is 10.6 Å². The molecular weight excluding hydrogens is 460 g/mol. The molecule has 2 aromatic carbocycles. The van der Waals surface area contributed by atoms with Crippen molar-refractivity contribution >= 4 is 50.9 Å². The molecule has 0 spiro atoms. The topological polar surface area (TPSA) is 114 Å². The van der Waals surface area contributed by atoms with Crippen LogP contribution in [-0.4, -0.2) is 29.9 Å². The van der Waals surface area contributed by atoms with Crippen molar-refractivity contribution in [1.29, 1.82) is 0 Å². The quantitative estimate of drug-likeness (QED) is 0.338. The normalized spacial score (nSPS) is 15.8. The van der Waals surface area contributed by atoms with Crippen LogP contribution >= 0.6 is 12.2 Å². The highest BCUT2D eigenvalue weighted by Gasteiger charge is 2.34. The second-order valence-corrected chi connectivity index (χ2v) is 9.44. The van der Waals surface area contributed by atoms with Crippen molar-refractivity contribution < 1.29 is 18.0 Å². The van der Waals surface area contributed by atoms with Crippen LogP contribution in [0.25, 0.3) is 11.8 Å². The molecule has 168 valence electrons. The van der Waals surface area contributed by atoms with E-state index in [1.165, 1.54) is 23.1 Å². The number of carbonyl (C=O) groups excluding carboxylic acids is 2. The lowest BCUT2D eigenvalue weighted by Crippen LogP contribution is -2.54. The van der Waals surface area contributed by atoms with Crippen LogP contribution in [0.3, 0.4) is 0 Å². The lowest BCUT2D eigenvalue weighted by Gasteiger charge is -2.28. The zero-order valence-electron chi connectivity index (χ0n) is 17.8. The molecule has 33 heavy (non-hydrogen) atoms. The Kier molecular flexibility index (Phi) is 5.75. The lowest BCUT2D eigenvalue weighted by molar-refractivity contribution is -0.122. The number of thiocarbonyl (C=S) groups is 1. The van der Waals surface area contributed by atoms with Gasteiger partial charge in [0.1, 0.15) is 5.57 Å². The molecule has 4 rings (SSSR count). The van der Waals surface area contributed by atoms with Gasteiger partial charge in [-0.3, -0.25) is 19.8 Å². The predicted octanol–water partition coefficient (Wildman–Crippen LogP) is 2.57. The van der Waals surface area contributed by atoms with Crippen molar-refractivity contribution in [2.24, 2.45) is 5.14 Å². The molecule has 3 N–H and O–H groups in total. The fourth-order valence-electron chi connectivity index (χ4n) is 3.74. The van der Waals surface area contributed by atoms with Crippen LogP contribution in [0, 0.1) is 13.8 Å². The van der Waals surface area contributed by atoms with Crippen LogP contribution in [-0.2, 0) is 19.6 Å². The van der Waals surface area contributed by atoms with Gasteiger partial charge in [-0.15, -0.1) is 0 Å². The summed E-state index contributed by atoms with van der Waals surface area (Å²) >= 11 is 5.22. The first kappa shape index (κ1) is 22.6. The molecule has 10 heteroatoms. The predicted molar refractivity (Wildman–Crippen MR) is 129 cm³/mol. The Balaban J connectivity index is 1.74. The molecule has 1 aliphatic heterocycles. The number of benzene rings is 2. The first-order valence-electron chi connectivity index (χ1n) is 9.86. The standard InChI is InChI=1S/C23H20N4O4S2/c1-14-12-16(15(2)26(14)18-8-10-19(11-9-18)33(24,30)31)13-20-21(28)25-23(32)27(22(20)29)17-6-4-3-5-7-17/h3-13H,1-2H3,(H2,24,30,31)(H,25,28,32)/b20-13+. The van der Waals surface area contributed by atoms with Crippen LogP contribution in [0.1, 0.15) is 17.0 Å². The largest absolute Gasteiger partial charge is 0.318 e. The molecule has 1 saturated heterocycles. The Morgan fingerprint density at radius 3 is 2.21 bits per heavy atom. The number of sulfonamides is 1. The molecule has 2 heterocycles. The summed E-state index contributed by atoms with van der Waals surface area (Å²) in [6.07, 6.45) is 1.53. The number of aromatic nitrogens is 1. The zero-order valence-corrected chi connectivity index (χ0v) is 19.4. The van der Waals surface area contributed by atoms with Crippen molar-refractivity contribution in [2.45, 2.75) is 18.7 Å². The average Bonchev–Trinajstić information content (AvgIpc) is 3.04. The van der Waals surface area contributed by atoms with Gasteiger partial charge in [-0.1, -0.05) is 18.2 Å². The Bertz CT molecular complexity index is 1420. The molecule has 1 aliphatic rings. The number of amides is 2. The molecule has 0 unspecified atom stereocenters. The maximum Gasteiger partial charge on any atom is 0.270 e. The van der Waals surface area contributed by atoms with Crippen molar-refractivity contribution in [3.63, 3.8) is 0 Å². The number of nitrogens with two attached hydrogens (primary N) is 1.